The number of carbonyl (C=O) groups excluding carboxylic acids is 1. The Kier molecular flexibility index (Phi) is 4.14. The molecular formula is C12H22N2OS. The molecule has 2 N–H and O–H groups in total. The zero-order valence-corrected chi connectivity index (χ0v) is 10.8. The van der Waals surface area contributed by atoms with E-state index in [2.05, 4.69) is 11.8 Å². The summed E-state index contributed by atoms with van der Waals surface area (Å²) < 4.78 is 0. The summed E-state index contributed by atoms with van der Waals surface area (Å²) in [5.74, 6) is 1.69. The van der Waals surface area contributed by atoms with E-state index in [1.165, 1.54) is 6.42 Å². The van der Waals surface area contributed by atoms with Crippen LogP contribution in [0.2, 0.25) is 0 Å². The Morgan fingerprint density at radius 3 is 2.94 bits per heavy atom. The van der Waals surface area contributed by atoms with Crippen LogP contribution in [0.15, 0.2) is 0 Å². The van der Waals surface area contributed by atoms with Gasteiger partial charge in [-0.3, -0.25) is 4.79 Å². The average Bonchev–Trinajstić information content (AvgIpc) is 2.75. The van der Waals surface area contributed by atoms with Gasteiger partial charge in [-0.25, -0.2) is 0 Å². The predicted octanol–water partition coefficient (Wildman–Crippen LogP) is 1.47. The van der Waals surface area contributed by atoms with E-state index in [-0.39, 0.29) is 12.0 Å². The number of carbonyl (C=O) groups is 1. The monoisotopic (exact) mass is 242 g/mol. The maximum absolute atomic E-state index is 12.3. The molecule has 2 rings (SSSR count). The van der Waals surface area contributed by atoms with Gasteiger partial charge >= 0.3 is 0 Å². The molecule has 2 fully saturated rings. The lowest BCUT2D eigenvalue weighted by atomic mass is 10.1. The van der Waals surface area contributed by atoms with Crippen molar-refractivity contribution < 1.29 is 4.79 Å². The lowest BCUT2D eigenvalue weighted by molar-refractivity contribution is -0.135. The molecule has 3 atom stereocenters. The second-order valence-electron chi connectivity index (χ2n) is 4.96. The van der Waals surface area contributed by atoms with Gasteiger partial charge in [0.05, 0.1) is 0 Å². The van der Waals surface area contributed by atoms with E-state index in [1.54, 1.807) is 0 Å². The molecule has 4 heteroatoms. The first-order chi connectivity index (χ1) is 7.70. The molecule has 0 aromatic carbocycles. The zero-order chi connectivity index (χ0) is 11.5. The second-order valence-corrected chi connectivity index (χ2v) is 6.36. The summed E-state index contributed by atoms with van der Waals surface area (Å²) in [5, 5.41) is 0.646. The highest BCUT2D eigenvalue weighted by molar-refractivity contribution is 8.00. The first-order valence-electron chi connectivity index (χ1n) is 6.36. The van der Waals surface area contributed by atoms with Crippen LogP contribution in [-0.4, -0.2) is 40.9 Å². The smallest absolute Gasteiger partial charge is 0.225 e. The minimum Gasteiger partial charge on any atom is -0.341 e. The van der Waals surface area contributed by atoms with Gasteiger partial charge in [-0.1, -0.05) is 6.92 Å². The third kappa shape index (κ3) is 2.72. The lowest BCUT2D eigenvalue weighted by Crippen LogP contribution is -2.44. The molecule has 1 saturated carbocycles. The second kappa shape index (κ2) is 5.41. The third-order valence-electron chi connectivity index (χ3n) is 3.73. The molecule has 2 aliphatic rings. The van der Waals surface area contributed by atoms with E-state index in [1.807, 2.05) is 11.8 Å². The van der Waals surface area contributed by atoms with E-state index in [9.17, 15) is 4.79 Å². The molecule has 0 bridgehead atoms. The molecule has 1 aliphatic heterocycles. The Morgan fingerprint density at radius 2 is 2.31 bits per heavy atom. The van der Waals surface area contributed by atoms with E-state index in [4.69, 9.17) is 5.73 Å². The van der Waals surface area contributed by atoms with Crippen LogP contribution in [0, 0.1) is 5.92 Å². The van der Waals surface area contributed by atoms with E-state index >= 15 is 0 Å². The van der Waals surface area contributed by atoms with Crippen LogP contribution in [0.3, 0.4) is 0 Å². The van der Waals surface area contributed by atoms with Crippen LogP contribution >= 0.6 is 11.8 Å². The van der Waals surface area contributed by atoms with Crippen molar-refractivity contribution in [1.82, 2.24) is 4.90 Å². The molecule has 0 aromatic heterocycles. The van der Waals surface area contributed by atoms with E-state index in [0.717, 1.165) is 38.1 Å². The van der Waals surface area contributed by atoms with Gasteiger partial charge in [0.1, 0.15) is 0 Å². The lowest BCUT2D eigenvalue weighted by Gasteiger charge is -2.33. The largest absolute Gasteiger partial charge is 0.341 e. The average molecular weight is 242 g/mol. The van der Waals surface area contributed by atoms with E-state index < -0.39 is 0 Å². The quantitative estimate of drug-likeness (QED) is 0.797. The first-order valence-corrected chi connectivity index (χ1v) is 7.41. The number of rotatable bonds is 2. The molecular weight excluding hydrogens is 220 g/mol. The van der Waals surface area contributed by atoms with Gasteiger partial charge in [0, 0.05) is 36.1 Å². The standard InChI is InChI=1S/C12H22N2OS/c1-2-11-8-14(5-6-16-11)12(15)9-3-4-10(13)7-9/h9-11H,2-8,13H2,1H3. The maximum atomic E-state index is 12.3. The fourth-order valence-corrected chi connectivity index (χ4v) is 3.85. The van der Waals surface area contributed by atoms with Gasteiger partial charge < -0.3 is 10.6 Å². The van der Waals surface area contributed by atoms with Crippen LogP contribution in [0.5, 0.6) is 0 Å². The molecule has 1 amide bonds. The van der Waals surface area contributed by atoms with Crippen LogP contribution < -0.4 is 5.73 Å². The molecule has 16 heavy (non-hydrogen) atoms. The molecule has 0 radical (unpaired) electrons. The van der Waals surface area contributed by atoms with Gasteiger partial charge in [-0.2, -0.15) is 11.8 Å². The molecule has 1 saturated heterocycles. The molecule has 1 heterocycles. The maximum Gasteiger partial charge on any atom is 0.225 e. The van der Waals surface area contributed by atoms with Crippen molar-refractivity contribution in [2.75, 3.05) is 18.8 Å². The van der Waals surface area contributed by atoms with Crippen molar-refractivity contribution in [3.63, 3.8) is 0 Å². The minimum atomic E-state index is 0.218. The van der Waals surface area contributed by atoms with Gasteiger partial charge in [0.25, 0.3) is 0 Å². The molecule has 3 unspecified atom stereocenters. The summed E-state index contributed by atoms with van der Waals surface area (Å²) in [6.45, 7) is 4.09. The van der Waals surface area contributed by atoms with Gasteiger partial charge in [0.15, 0.2) is 0 Å². The molecule has 1 aliphatic carbocycles. The highest BCUT2D eigenvalue weighted by Crippen LogP contribution is 2.28. The summed E-state index contributed by atoms with van der Waals surface area (Å²) in [5.41, 5.74) is 5.87. The fraction of sp³-hybridized carbons (Fsp3) is 0.917. The number of nitrogens with zero attached hydrogens (tertiary/aromatic N) is 1. The predicted molar refractivity (Wildman–Crippen MR) is 68.4 cm³/mol. The van der Waals surface area contributed by atoms with Crippen LogP contribution in [0.25, 0.3) is 0 Å². The number of nitrogens with two attached hydrogens (primary N) is 1. The molecule has 0 spiro atoms. The zero-order valence-electron chi connectivity index (χ0n) is 10.0. The highest BCUT2D eigenvalue weighted by atomic mass is 32.2. The van der Waals surface area contributed by atoms with Gasteiger partial charge in [-0.15, -0.1) is 0 Å². The van der Waals surface area contributed by atoms with Crippen molar-refractivity contribution in [3.05, 3.63) is 0 Å². The topological polar surface area (TPSA) is 46.3 Å². The van der Waals surface area contributed by atoms with Crippen molar-refractivity contribution in [1.29, 1.82) is 0 Å². The van der Waals surface area contributed by atoms with Crippen molar-refractivity contribution >= 4 is 17.7 Å². The van der Waals surface area contributed by atoms with E-state index in [0.29, 0.717) is 11.2 Å². The summed E-state index contributed by atoms with van der Waals surface area (Å²) in [6, 6.07) is 0.259. The van der Waals surface area contributed by atoms with Gasteiger partial charge in [-0.05, 0) is 25.7 Å². The number of hydrogen-bond acceptors (Lipinski definition) is 3. The minimum absolute atomic E-state index is 0.218. The Hall–Kier alpha value is -0.220. The third-order valence-corrected chi connectivity index (χ3v) is 5.10. The van der Waals surface area contributed by atoms with Gasteiger partial charge in [0.2, 0.25) is 5.91 Å². The molecule has 0 aromatic rings. The van der Waals surface area contributed by atoms with Crippen molar-refractivity contribution in [3.8, 4) is 0 Å². The summed E-state index contributed by atoms with van der Waals surface area (Å²) in [4.78, 5) is 14.3. The van der Waals surface area contributed by atoms with Crippen LogP contribution in [0.4, 0.5) is 0 Å². The SMILES string of the molecule is CCC1CN(C(=O)C2CCC(N)C2)CCS1. The number of hydrogen-bond donors (Lipinski definition) is 1. The Morgan fingerprint density at radius 1 is 1.50 bits per heavy atom. The first kappa shape index (κ1) is 12.2. The Labute approximate surface area is 102 Å². The summed E-state index contributed by atoms with van der Waals surface area (Å²) in [6.07, 6.45) is 4.09. The van der Waals surface area contributed by atoms with Crippen molar-refractivity contribution in [2.24, 2.45) is 11.7 Å². The summed E-state index contributed by atoms with van der Waals surface area (Å²) in [7, 11) is 0. The Bertz CT molecular complexity index is 259. The molecule has 92 valence electrons. The van der Waals surface area contributed by atoms with Crippen molar-refractivity contribution in [2.45, 2.75) is 43.9 Å². The number of thioether (sulfide) groups is 1. The normalized spacial score (nSPS) is 35.4. The number of amides is 1. The Balaban J connectivity index is 1.89. The highest BCUT2D eigenvalue weighted by Gasteiger charge is 2.32. The van der Waals surface area contributed by atoms with Crippen LogP contribution in [0.1, 0.15) is 32.6 Å². The van der Waals surface area contributed by atoms with Crippen LogP contribution in [-0.2, 0) is 4.79 Å². The molecule has 3 nitrogen and oxygen atoms in total. The fourth-order valence-electron chi connectivity index (χ4n) is 2.67. The summed E-state index contributed by atoms with van der Waals surface area (Å²) >= 11 is 2.01.